The average Bonchev–Trinajstić information content (AvgIpc) is 2.06. The average molecular weight is 211 g/mol. The van der Waals surface area contributed by atoms with E-state index in [0.29, 0.717) is 6.07 Å². The standard InChI is InChI=1S/C7H2ClF3O2/c8-7(12)13-4-2-1-3(9)5(10)6(4)11/h1-2H. The number of benzene rings is 1. The number of ether oxygens (including phenoxy) is 1. The van der Waals surface area contributed by atoms with Crippen LogP contribution in [0.2, 0.25) is 0 Å². The molecule has 0 spiro atoms. The Bertz CT molecular complexity index is 354. The Hall–Kier alpha value is -1.23. The second-order valence-electron chi connectivity index (χ2n) is 2.01. The normalized spacial score (nSPS) is 9.85. The van der Waals surface area contributed by atoms with Gasteiger partial charge >= 0.3 is 5.43 Å². The van der Waals surface area contributed by atoms with Gasteiger partial charge in [-0.2, -0.15) is 4.39 Å². The van der Waals surface area contributed by atoms with Gasteiger partial charge in [0.05, 0.1) is 0 Å². The van der Waals surface area contributed by atoms with Gasteiger partial charge in [-0.05, 0) is 12.1 Å². The van der Waals surface area contributed by atoms with Crippen molar-refractivity contribution in [2.45, 2.75) is 0 Å². The van der Waals surface area contributed by atoms with Crippen molar-refractivity contribution < 1.29 is 22.7 Å². The minimum atomic E-state index is -1.71. The molecule has 0 aliphatic carbocycles. The van der Waals surface area contributed by atoms with E-state index in [0.717, 1.165) is 6.07 Å². The number of hydrogen-bond donors (Lipinski definition) is 0. The summed E-state index contributed by atoms with van der Waals surface area (Å²) >= 11 is 4.73. The smallest absolute Gasteiger partial charge is 0.409 e. The molecule has 0 atom stereocenters. The molecule has 0 aromatic heterocycles. The monoisotopic (exact) mass is 210 g/mol. The van der Waals surface area contributed by atoms with Gasteiger partial charge in [-0.15, -0.1) is 0 Å². The van der Waals surface area contributed by atoms with Gasteiger partial charge in [0.25, 0.3) is 0 Å². The molecule has 0 radical (unpaired) electrons. The molecule has 0 N–H and O–H groups in total. The van der Waals surface area contributed by atoms with E-state index < -0.39 is 28.6 Å². The van der Waals surface area contributed by atoms with Gasteiger partial charge < -0.3 is 4.74 Å². The Morgan fingerprint density at radius 1 is 1.23 bits per heavy atom. The number of hydrogen-bond acceptors (Lipinski definition) is 2. The summed E-state index contributed by atoms with van der Waals surface area (Å²) in [6.45, 7) is 0. The topological polar surface area (TPSA) is 26.3 Å². The Balaban J connectivity index is 3.10. The third-order valence-electron chi connectivity index (χ3n) is 1.19. The lowest BCUT2D eigenvalue weighted by Gasteiger charge is -2.01. The van der Waals surface area contributed by atoms with Crippen molar-refractivity contribution in [1.82, 2.24) is 0 Å². The molecule has 0 heterocycles. The Labute approximate surface area is 75.9 Å². The molecule has 0 saturated heterocycles. The predicted molar refractivity (Wildman–Crippen MR) is 38.2 cm³/mol. The third kappa shape index (κ3) is 2.12. The van der Waals surface area contributed by atoms with Crippen molar-refractivity contribution in [1.29, 1.82) is 0 Å². The quantitative estimate of drug-likeness (QED) is 0.526. The zero-order valence-electron chi connectivity index (χ0n) is 5.98. The zero-order valence-corrected chi connectivity index (χ0v) is 6.74. The summed E-state index contributed by atoms with van der Waals surface area (Å²) in [7, 11) is 0. The summed E-state index contributed by atoms with van der Waals surface area (Å²) in [6.07, 6.45) is 0. The molecule has 0 aliphatic rings. The molecule has 70 valence electrons. The molecule has 0 unspecified atom stereocenters. The lowest BCUT2D eigenvalue weighted by Crippen LogP contribution is -2.01. The maximum Gasteiger partial charge on any atom is 0.409 e. The summed E-state index contributed by atoms with van der Waals surface area (Å²) in [5.41, 5.74) is -1.33. The first kappa shape index (κ1) is 9.85. The van der Waals surface area contributed by atoms with E-state index >= 15 is 0 Å². The molecule has 0 fully saturated rings. The van der Waals surface area contributed by atoms with E-state index in [2.05, 4.69) is 4.74 Å². The molecule has 0 amide bonds. The van der Waals surface area contributed by atoms with Gasteiger partial charge in [-0.1, -0.05) is 0 Å². The molecule has 0 bridgehead atoms. The van der Waals surface area contributed by atoms with Gasteiger partial charge in [-0.3, -0.25) is 0 Å². The number of carbonyl (C=O) groups excluding carboxylic acids is 1. The van der Waals surface area contributed by atoms with Crippen molar-refractivity contribution in [3.8, 4) is 5.75 Å². The third-order valence-corrected chi connectivity index (χ3v) is 1.27. The predicted octanol–water partition coefficient (Wildman–Crippen LogP) is 2.84. The molecule has 1 aromatic rings. The zero-order chi connectivity index (χ0) is 10.0. The molecule has 6 heteroatoms. The summed E-state index contributed by atoms with van der Waals surface area (Å²) < 4.78 is 41.5. The maximum atomic E-state index is 12.7. The van der Waals surface area contributed by atoms with E-state index in [-0.39, 0.29) is 0 Å². The van der Waals surface area contributed by atoms with Gasteiger partial charge in [0.1, 0.15) is 0 Å². The van der Waals surface area contributed by atoms with Crippen LogP contribution >= 0.6 is 11.6 Å². The van der Waals surface area contributed by atoms with Crippen LogP contribution in [0.3, 0.4) is 0 Å². The first-order valence-corrected chi connectivity index (χ1v) is 3.41. The highest BCUT2D eigenvalue weighted by atomic mass is 35.5. The summed E-state index contributed by atoms with van der Waals surface area (Å²) in [5.74, 6) is -5.42. The van der Waals surface area contributed by atoms with Crippen molar-refractivity contribution >= 4 is 17.0 Å². The summed E-state index contributed by atoms with van der Waals surface area (Å²) in [6, 6.07) is 1.38. The molecule has 0 saturated carbocycles. The van der Waals surface area contributed by atoms with Crippen LogP contribution in [0, 0.1) is 17.5 Å². The van der Waals surface area contributed by atoms with Crippen LogP contribution in [0.25, 0.3) is 0 Å². The molecule has 13 heavy (non-hydrogen) atoms. The van der Waals surface area contributed by atoms with Gasteiger partial charge in [0.15, 0.2) is 17.4 Å². The van der Waals surface area contributed by atoms with Crippen molar-refractivity contribution in [2.24, 2.45) is 0 Å². The second-order valence-corrected chi connectivity index (χ2v) is 2.32. The summed E-state index contributed by atoms with van der Waals surface area (Å²) in [5, 5.41) is 0. The van der Waals surface area contributed by atoms with E-state index in [1.807, 2.05) is 0 Å². The first-order valence-electron chi connectivity index (χ1n) is 3.03. The van der Waals surface area contributed by atoms with Crippen LogP contribution in [0.1, 0.15) is 0 Å². The lowest BCUT2D eigenvalue weighted by atomic mass is 10.3. The van der Waals surface area contributed by atoms with Gasteiger partial charge in [-0.25, -0.2) is 13.6 Å². The SMILES string of the molecule is O=C(Cl)Oc1ccc(F)c(F)c1F. The van der Waals surface area contributed by atoms with Crippen molar-refractivity contribution in [3.05, 3.63) is 29.6 Å². The van der Waals surface area contributed by atoms with Crippen LogP contribution < -0.4 is 4.74 Å². The maximum absolute atomic E-state index is 12.7. The highest BCUT2D eigenvalue weighted by Gasteiger charge is 2.15. The number of rotatable bonds is 1. The molecule has 1 aromatic carbocycles. The molecule has 1 rings (SSSR count). The highest BCUT2D eigenvalue weighted by molar-refractivity contribution is 6.61. The number of halogens is 4. The molecule has 0 aliphatic heterocycles. The minimum Gasteiger partial charge on any atom is -0.411 e. The van der Waals surface area contributed by atoms with E-state index in [1.165, 1.54) is 0 Å². The Morgan fingerprint density at radius 2 is 1.85 bits per heavy atom. The first-order chi connectivity index (χ1) is 6.02. The van der Waals surface area contributed by atoms with Crippen molar-refractivity contribution in [2.75, 3.05) is 0 Å². The highest BCUT2D eigenvalue weighted by Crippen LogP contribution is 2.22. The van der Waals surface area contributed by atoms with Crippen molar-refractivity contribution in [3.63, 3.8) is 0 Å². The number of carbonyl (C=O) groups is 1. The van der Waals surface area contributed by atoms with Crippen LogP contribution in [0.15, 0.2) is 12.1 Å². The fourth-order valence-corrected chi connectivity index (χ4v) is 0.757. The van der Waals surface area contributed by atoms with Gasteiger partial charge in [0.2, 0.25) is 5.82 Å². The molecular formula is C7H2ClF3O2. The molecular weight excluding hydrogens is 209 g/mol. The van der Waals surface area contributed by atoms with Gasteiger partial charge in [0, 0.05) is 11.6 Å². The van der Waals surface area contributed by atoms with Crippen LogP contribution in [0.4, 0.5) is 18.0 Å². The summed E-state index contributed by atoms with van der Waals surface area (Å²) in [4.78, 5) is 10.1. The lowest BCUT2D eigenvalue weighted by molar-refractivity contribution is 0.222. The fraction of sp³-hybridized carbons (Fsp3) is 0. The van der Waals surface area contributed by atoms with Crippen LogP contribution in [-0.2, 0) is 0 Å². The Morgan fingerprint density at radius 3 is 2.38 bits per heavy atom. The molecule has 2 nitrogen and oxygen atoms in total. The second kappa shape index (κ2) is 3.66. The van der Waals surface area contributed by atoms with E-state index in [9.17, 15) is 18.0 Å². The van der Waals surface area contributed by atoms with Crippen LogP contribution in [-0.4, -0.2) is 5.43 Å². The van der Waals surface area contributed by atoms with E-state index in [4.69, 9.17) is 11.6 Å². The largest absolute Gasteiger partial charge is 0.411 e. The van der Waals surface area contributed by atoms with Crippen LogP contribution in [0.5, 0.6) is 5.75 Å². The van der Waals surface area contributed by atoms with E-state index in [1.54, 1.807) is 0 Å². The Kier molecular flexibility index (Phi) is 2.77. The fourth-order valence-electron chi connectivity index (χ4n) is 0.673. The minimum absolute atomic E-state index is 0.619.